The highest BCUT2D eigenvalue weighted by atomic mass is 32.2. The lowest BCUT2D eigenvalue weighted by atomic mass is 9.94. The number of hydrogen-bond donors (Lipinski definition) is 1. The van der Waals surface area contributed by atoms with Crippen LogP contribution in [0.1, 0.15) is 22.6 Å². The first kappa shape index (κ1) is 20.7. The number of sulfonamides is 1. The van der Waals surface area contributed by atoms with Crippen LogP contribution in [0.5, 0.6) is 0 Å². The van der Waals surface area contributed by atoms with E-state index in [1.165, 1.54) is 40.1 Å². The first-order valence-electron chi connectivity index (χ1n) is 9.86. The van der Waals surface area contributed by atoms with Gasteiger partial charge in [0.05, 0.1) is 6.33 Å². The van der Waals surface area contributed by atoms with Crippen LogP contribution >= 0.6 is 0 Å². The third-order valence-corrected chi connectivity index (χ3v) is 7.40. The number of nitrogens with one attached hydrogen (secondary N) is 1. The monoisotopic (exact) mass is 428 g/mol. The lowest BCUT2D eigenvalue weighted by Crippen LogP contribution is -2.36. The molecule has 4 rings (SSSR count). The SMILES string of the molecule is Cc1ccccc1CNC1CN(S(=O)(=O)c2cn(C)cn2)CC1c1ccc(F)cc1. The second-order valence-corrected chi connectivity index (χ2v) is 9.66. The van der Waals surface area contributed by atoms with Crippen molar-refractivity contribution in [3.63, 3.8) is 0 Å². The number of nitrogens with zero attached hydrogens (tertiary/aromatic N) is 3. The molecular weight excluding hydrogens is 403 g/mol. The van der Waals surface area contributed by atoms with E-state index in [0.29, 0.717) is 19.6 Å². The van der Waals surface area contributed by atoms with Crippen molar-refractivity contribution in [3.8, 4) is 0 Å². The number of benzene rings is 2. The summed E-state index contributed by atoms with van der Waals surface area (Å²) in [6.07, 6.45) is 2.99. The van der Waals surface area contributed by atoms with Crippen LogP contribution in [0, 0.1) is 12.7 Å². The molecule has 1 saturated heterocycles. The maximum Gasteiger partial charge on any atom is 0.262 e. The predicted octanol–water partition coefficient (Wildman–Crippen LogP) is 2.81. The molecule has 0 radical (unpaired) electrons. The molecule has 0 amide bonds. The van der Waals surface area contributed by atoms with Crippen molar-refractivity contribution < 1.29 is 12.8 Å². The van der Waals surface area contributed by atoms with Crippen molar-refractivity contribution in [2.75, 3.05) is 13.1 Å². The summed E-state index contributed by atoms with van der Waals surface area (Å²) < 4.78 is 42.8. The molecule has 158 valence electrons. The minimum Gasteiger partial charge on any atom is -0.339 e. The molecule has 1 aromatic heterocycles. The van der Waals surface area contributed by atoms with Gasteiger partial charge >= 0.3 is 0 Å². The van der Waals surface area contributed by atoms with Gasteiger partial charge in [0.2, 0.25) is 0 Å². The molecule has 2 unspecified atom stereocenters. The molecule has 1 aliphatic heterocycles. The minimum atomic E-state index is -3.70. The summed E-state index contributed by atoms with van der Waals surface area (Å²) in [6, 6.07) is 14.3. The van der Waals surface area contributed by atoms with Crippen LogP contribution in [0.15, 0.2) is 66.1 Å². The Hall–Kier alpha value is -2.55. The number of halogens is 1. The minimum absolute atomic E-state index is 0.0439. The van der Waals surface area contributed by atoms with Crippen molar-refractivity contribution >= 4 is 10.0 Å². The molecule has 1 aliphatic rings. The molecule has 2 heterocycles. The Bertz CT molecular complexity index is 1130. The van der Waals surface area contributed by atoms with Crippen LogP contribution < -0.4 is 5.32 Å². The molecule has 1 N–H and O–H groups in total. The smallest absolute Gasteiger partial charge is 0.262 e. The molecule has 0 aliphatic carbocycles. The van der Waals surface area contributed by atoms with Gasteiger partial charge in [-0.3, -0.25) is 0 Å². The third-order valence-electron chi connectivity index (χ3n) is 5.69. The molecule has 30 heavy (non-hydrogen) atoms. The van der Waals surface area contributed by atoms with Gasteiger partial charge in [-0.05, 0) is 35.7 Å². The van der Waals surface area contributed by atoms with Crippen LogP contribution in [0.4, 0.5) is 4.39 Å². The Balaban J connectivity index is 1.60. The van der Waals surface area contributed by atoms with Crippen LogP contribution in [-0.4, -0.2) is 41.4 Å². The number of imidazole rings is 1. The summed E-state index contributed by atoms with van der Waals surface area (Å²) in [7, 11) is -1.96. The van der Waals surface area contributed by atoms with E-state index in [1.54, 1.807) is 23.7 Å². The Morgan fingerprint density at radius 2 is 1.87 bits per heavy atom. The standard InChI is InChI=1S/C22H25FN4O2S/c1-16-5-3-4-6-18(16)11-24-21-13-27(30(28,29)22-14-26(2)15-25-22)12-20(21)17-7-9-19(23)10-8-17/h3-10,14-15,20-21,24H,11-13H2,1-2H3. The number of aromatic nitrogens is 2. The largest absolute Gasteiger partial charge is 0.339 e. The molecule has 0 saturated carbocycles. The van der Waals surface area contributed by atoms with Crippen LogP contribution in [0.25, 0.3) is 0 Å². The molecular formula is C22H25FN4O2S. The highest BCUT2D eigenvalue weighted by Crippen LogP contribution is 2.31. The number of hydrogen-bond acceptors (Lipinski definition) is 4. The van der Waals surface area contributed by atoms with Gasteiger partial charge in [0, 0.05) is 44.8 Å². The van der Waals surface area contributed by atoms with Gasteiger partial charge in [0.25, 0.3) is 10.0 Å². The zero-order chi connectivity index (χ0) is 21.3. The molecule has 0 spiro atoms. The maximum atomic E-state index is 13.4. The predicted molar refractivity (Wildman–Crippen MR) is 113 cm³/mol. The average molecular weight is 429 g/mol. The summed E-state index contributed by atoms with van der Waals surface area (Å²) in [6.45, 7) is 3.33. The second-order valence-electron chi connectivity index (χ2n) is 7.77. The fourth-order valence-corrected chi connectivity index (χ4v) is 5.38. The Labute approximate surface area is 176 Å². The van der Waals surface area contributed by atoms with E-state index in [-0.39, 0.29) is 22.8 Å². The molecule has 2 aromatic carbocycles. The number of rotatable bonds is 6. The van der Waals surface area contributed by atoms with E-state index in [0.717, 1.165) is 5.56 Å². The van der Waals surface area contributed by atoms with Gasteiger partial charge in [-0.25, -0.2) is 17.8 Å². The van der Waals surface area contributed by atoms with Crippen molar-refractivity contribution in [2.24, 2.45) is 7.05 Å². The topological polar surface area (TPSA) is 67.2 Å². The first-order chi connectivity index (χ1) is 14.3. The molecule has 1 fully saturated rings. The van der Waals surface area contributed by atoms with Crippen molar-refractivity contribution in [1.29, 1.82) is 0 Å². The highest BCUT2D eigenvalue weighted by Gasteiger charge is 2.40. The lowest BCUT2D eigenvalue weighted by Gasteiger charge is -2.21. The number of aryl methyl sites for hydroxylation is 2. The van der Waals surface area contributed by atoms with E-state index < -0.39 is 10.0 Å². The zero-order valence-electron chi connectivity index (χ0n) is 17.0. The highest BCUT2D eigenvalue weighted by molar-refractivity contribution is 7.89. The molecule has 2 atom stereocenters. The first-order valence-corrected chi connectivity index (χ1v) is 11.3. The quantitative estimate of drug-likeness (QED) is 0.656. The fourth-order valence-electron chi connectivity index (χ4n) is 3.92. The van der Waals surface area contributed by atoms with Crippen molar-refractivity contribution in [3.05, 3.63) is 83.6 Å². The average Bonchev–Trinajstić information content (AvgIpc) is 3.35. The molecule has 8 heteroatoms. The van der Waals surface area contributed by atoms with E-state index in [4.69, 9.17) is 0 Å². The van der Waals surface area contributed by atoms with Crippen molar-refractivity contribution in [1.82, 2.24) is 19.2 Å². The Morgan fingerprint density at radius 3 is 2.53 bits per heavy atom. The third kappa shape index (κ3) is 4.16. The van der Waals surface area contributed by atoms with Gasteiger partial charge < -0.3 is 9.88 Å². The van der Waals surface area contributed by atoms with Crippen LogP contribution in [-0.2, 0) is 23.6 Å². The van der Waals surface area contributed by atoms with E-state index in [2.05, 4.69) is 29.4 Å². The summed E-state index contributed by atoms with van der Waals surface area (Å²) in [5.41, 5.74) is 3.26. The van der Waals surface area contributed by atoms with Gasteiger partial charge in [-0.15, -0.1) is 0 Å². The normalized spacial score (nSPS) is 20.0. The van der Waals surface area contributed by atoms with Gasteiger partial charge in [0.1, 0.15) is 5.82 Å². The lowest BCUT2D eigenvalue weighted by molar-refractivity contribution is 0.454. The maximum absolute atomic E-state index is 13.4. The summed E-state index contributed by atoms with van der Waals surface area (Å²) >= 11 is 0. The van der Waals surface area contributed by atoms with E-state index in [1.807, 2.05) is 12.1 Å². The summed E-state index contributed by atoms with van der Waals surface area (Å²) in [5, 5.41) is 3.58. The van der Waals surface area contributed by atoms with Gasteiger partial charge in [-0.2, -0.15) is 4.31 Å². The zero-order valence-corrected chi connectivity index (χ0v) is 17.8. The van der Waals surface area contributed by atoms with E-state index >= 15 is 0 Å². The van der Waals surface area contributed by atoms with Crippen LogP contribution in [0.2, 0.25) is 0 Å². The van der Waals surface area contributed by atoms with Gasteiger partial charge in [0.15, 0.2) is 5.03 Å². The van der Waals surface area contributed by atoms with Crippen LogP contribution in [0.3, 0.4) is 0 Å². The molecule has 3 aromatic rings. The molecule has 6 nitrogen and oxygen atoms in total. The Morgan fingerprint density at radius 1 is 1.13 bits per heavy atom. The van der Waals surface area contributed by atoms with Gasteiger partial charge in [-0.1, -0.05) is 36.4 Å². The summed E-state index contributed by atoms with van der Waals surface area (Å²) in [5.74, 6) is -0.396. The second kappa shape index (κ2) is 8.29. The molecule has 0 bridgehead atoms. The van der Waals surface area contributed by atoms with Crippen molar-refractivity contribution in [2.45, 2.75) is 30.5 Å². The summed E-state index contributed by atoms with van der Waals surface area (Å²) in [4.78, 5) is 4.03. The Kier molecular flexibility index (Phi) is 5.73. The van der Waals surface area contributed by atoms with E-state index in [9.17, 15) is 12.8 Å². The fraction of sp³-hybridized carbons (Fsp3) is 0.318.